The van der Waals surface area contributed by atoms with E-state index in [2.05, 4.69) is 6.92 Å². The van der Waals surface area contributed by atoms with E-state index in [1.807, 2.05) is 0 Å². The number of nitrogens with zero attached hydrogens (tertiary/aromatic N) is 1. The molecule has 160 valence electrons. The molecule has 4 nitrogen and oxygen atoms in total. The Balaban J connectivity index is 1.99. The number of morpholine rings is 1. The van der Waals surface area contributed by atoms with Crippen LogP contribution in [-0.4, -0.2) is 49.8 Å². The fourth-order valence-corrected chi connectivity index (χ4v) is 4.22. The Morgan fingerprint density at radius 2 is 1.26 bits per heavy atom. The molecule has 0 atom stereocenters. The van der Waals surface area contributed by atoms with E-state index in [9.17, 15) is 4.79 Å². The summed E-state index contributed by atoms with van der Waals surface area (Å²) in [7, 11) is 0. The van der Waals surface area contributed by atoms with Gasteiger partial charge in [0.1, 0.15) is 13.1 Å². The third-order valence-electron chi connectivity index (χ3n) is 6.14. The predicted molar refractivity (Wildman–Crippen MR) is 115 cm³/mol. The average Bonchev–Trinajstić information content (AvgIpc) is 2.70. The van der Waals surface area contributed by atoms with E-state index in [0.717, 1.165) is 52.1 Å². The van der Waals surface area contributed by atoms with Gasteiger partial charge in [-0.05, 0) is 13.0 Å². The van der Waals surface area contributed by atoms with Gasteiger partial charge in [0.15, 0.2) is 0 Å². The minimum atomic E-state index is 0.426. The monoisotopic (exact) mass is 383 g/mol. The van der Waals surface area contributed by atoms with Crippen LogP contribution in [0.25, 0.3) is 0 Å². The van der Waals surface area contributed by atoms with E-state index in [1.165, 1.54) is 77.0 Å². The van der Waals surface area contributed by atoms with Crippen molar-refractivity contribution in [2.24, 2.45) is 5.73 Å². The van der Waals surface area contributed by atoms with Gasteiger partial charge < -0.3 is 10.5 Å². The van der Waals surface area contributed by atoms with E-state index >= 15 is 0 Å². The smallest absolute Gasteiger partial charge is 0.313 e. The molecule has 0 aromatic rings. The van der Waals surface area contributed by atoms with Crippen LogP contribution in [0.15, 0.2) is 0 Å². The van der Waals surface area contributed by atoms with Gasteiger partial charge in [-0.15, -0.1) is 0 Å². The highest BCUT2D eigenvalue weighted by Crippen LogP contribution is 2.18. The highest BCUT2D eigenvalue weighted by Gasteiger charge is 2.37. The highest BCUT2D eigenvalue weighted by molar-refractivity contribution is 5.69. The molecule has 0 saturated carbocycles. The van der Waals surface area contributed by atoms with Crippen molar-refractivity contribution in [1.29, 1.82) is 0 Å². The first-order chi connectivity index (χ1) is 13.2. The first kappa shape index (κ1) is 24.6. The van der Waals surface area contributed by atoms with Crippen LogP contribution in [0, 0.1) is 0 Å². The lowest BCUT2D eigenvalue weighted by molar-refractivity contribution is -0.863. The second-order valence-electron chi connectivity index (χ2n) is 8.46. The molecule has 1 aliphatic heterocycles. The van der Waals surface area contributed by atoms with Gasteiger partial charge in [-0.3, -0.25) is 4.48 Å². The minimum absolute atomic E-state index is 0.426. The Bertz CT molecular complexity index is 354. The Labute approximate surface area is 168 Å². The summed E-state index contributed by atoms with van der Waals surface area (Å²) in [6, 6.07) is 0. The molecule has 0 unspecified atom stereocenters. The molecule has 2 N–H and O–H groups in total. The molecule has 0 aliphatic carbocycles. The van der Waals surface area contributed by atoms with Crippen molar-refractivity contribution in [3.05, 3.63) is 0 Å². The SMILES string of the molecule is CCCCCCCCCCCCCCCC(=O)[N+]1(CCCN)CCOCC1. The maximum Gasteiger partial charge on any atom is 0.313 e. The van der Waals surface area contributed by atoms with Crippen LogP contribution in [0.5, 0.6) is 0 Å². The van der Waals surface area contributed by atoms with Crippen molar-refractivity contribution in [3.8, 4) is 0 Å². The Morgan fingerprint density at radius 1 is 0.778 bits per heavy atom. The maximum absolute atomic E-state index is 12.8. The van der Waals surface area contributed by atoms with Crippen molar-refractivity contribution < 1.29 is 14.0 Å². The summed E-state index contributed by atoms with van der Waals surface area (Å²) in [5.74, 6) is 0.426. The van der Waals surface area contributed by atoms with E-state index in [0.29, 0.717) is 16.9 Å². The summed E-state index contributed by atoms with van der Waals surface area (Å²) in [6.07, 6.45) is 19.2. The zero-order valence-electron chi connectivity index (χ0n) is 18.2. The maximum atomic E-state index is 12.8. The third kappa shape index (κ3) is 11.2. The van der Waals surface area contributed by atoms with E-state index in [1.54, 1.807) is 0 Å². The van der Waals surface area contributed by atoms with Gasteiger partial charge in [-0.25, -0.2) is 4.79 Å². The molecule has 0 bridgehead atoms. The molecular formula is C23H47N2O2+. The fraction of sp³-hybridized carbons (Fsp3) is 0.957. The Morgan fingerprint density at radius 3 is 1.74 bits per heavy atom. The Hall–Kier alpha value is -0.450. The summed E-state index contributed by atoms with van der Waals surface area (Å²) in [5, 5.41) is 0. The van der Waals surface area contributed by atoms with E-state index < -0.39 is 0 Å². The second-order valence-corrected chi connectivity index (χ2v) is 8.46. The Kier molecular flexibility index (Phi) is 15.0. The molecule has 0 spiro atoms. The average molecular weight is 384 g/mol. The summed E-state index contributed by atoms with van der Waals surface area (Å²) < 4.78 is 6.10. The van der Waals surface area contributed by atoms with Gasteiger partial charge in [0, 0.05) is 6.42 Å². The molecule has 4 heteroatoms. The third-order valence-corrected chi connectivity index (χ3v) is 6.14. The number of amides is 1. The lowest BCUT2D eigenvalue weighted by Gasteiger charge is -2.38. The van der Waals surface area contributed by atoms with Gasteiger partial charge in [-0.1, -0.05) is 84.0 Å². The second kappa shape index (κ2) is 16.5. The van der Waals surface area contributed by atoms with Crippen molar-refractivity contribution in [1.82, 2.24) is 0 Å². The van der Waals surface area contributed by atoms with Crippen molar-refractivity contribution in [2.45, 2.75) is 103 Å². The summed E-state index contributed by atoms with van der Waals surface area (Å²) in [4.78, 5) is 12.8. The molecule has 1 fully saturated rings. The van der Waals surface area contributed by atoms with Crippen LogP contribution in [0.4, 0.5) is 0 Å². The molecule has 1 saturated heterocycles. The molecule has 1 aliphatic rings. The number of hydrogen-bond donors (Lipinski definition) is 1. The van der Waals surface area contributed by atoms with Gasteiger partial charge in [0.25, 0.3) is 0 Å². The normalized spacial score (nSPS) is 16.5. The van der Waals surface area contributed by atoms with Crippen molar-refractivity contribution >= 4 is 5.91 Å². The fourth-order valence-electron chi connectivity index (χ4n) is 4.22. The highest BCUT2D eigenvalue weighted by atomic mass is 16.5. The molecule has 1 amide bonds. The number of carbonyl (C=O) groups is 1. The zero-order chi connectivity index (χ0) is 19.6. The number of quaternary nitrogens is 1. The van der Waals surface area contributed by atoms with E-state index in [-0.39, 0.29) is 0 Å². The molecule has 1 heterocycles. The van der Waals surface area contributed by atoms with Crippen LogP contribution in [-0.2, 0) is 9.53 Å². The first-order valence-corrected chi connectivity index (χ1v) is 11.9. The van der Waals surface area contributed by atoms with Gasteiger partial charge in [0.2, 0.25) is 0 Å². The summed E-state index contributed by atoms with van der Waals surface area (Å²) in [5.41, 5.74) is 5.68. The van der Waals surface area contributed by atoms with Crippen LogP contribution in [0.3, 0.4) is 0 Å². The quantitative estimate of drug-likeness (QED) is 0.278. The number of rotatable bonds is 17. The largest absolute Gasteiger partial charge is 0.370 e. The first-order valence-electron chi connectivity index (χ1n) is 11.9. The molecule has 0 aromatic heterocycles. The molecule has 1 rings (SSSR count). The van der Waals surface area contributed by atoms with Crippen LogP contribution in [0.1, 0.15) is 103 Å². The molecular weight excluding hydrogens is 336 g/mol. The number of unbranched alkanes of at least 4 members (excludes halogenated alkanes) is 12. The van der Waals surface area contributed by atoms with E-state index in [4.69, 9.17) is 10.5 Å². The predicted octanol–water partition coefficient (Wildman–Crippen LogP) is 5.19. The lowest BCUT2D eigenvalue weighted by Crippen LogP contribution is -2.59. The van der Waals surface area contributed by atoms with Crippen LogP contribution < -0.4 is 5.73 Å². The molecule has 0 aromatic carbocycles. The van der Waals surface area contributed by atoms with Crippen LogP contribution in [0.2, 0.25) is 0 Å². The zero-order valence-corrected chi connectivity index (χ0v) is 18.2. The van der Waals surface area contributed by atoms with Crippen LogP contribution >= 0.6 is 0 Å². The molecule has 0 radical (unpaired) electrons. The van der Waals surface area contributed by atoms with Gasteiger partial charge >= 0.3 is 5.91 Å². The summed E-state index contributed by atoms with van der Waals surface area (Å²) >= 11 is 0. The topological polar surface area (TPSA) is 52.3 Å². The number of nitrogens with two attached hydrogens (primary N) is 1. The van der Waals surface area contributed by atoms with Crippen molar-refractivity contribution in [2.75, 3.05) is 39.4 Å². The molecule has 27 heavy (non-hydrogen) atoms. The van der Waals surface area contributed by atoms with Gasteiger partial charge in [-0.2, -0.15) is 0 Å². The standard InChI is InChI=1S/C23H47N2O2/c1-2-3-4-5-6-7-8-9-10-11-12-13-14-16-23(26)25(18-15-17-24)19-21-27-22-20-25/h2-22,24H2,1H3/q+1. The van der Waals surface area contributed by atoms with Crippen molar-refractivity contribution in [3.63, 3.8) is 0 Å². The lowest BCUT2D eigenvalue weighted by atomic mass is 10.0. The number of carbonyl (C=O) groups excluding carboxylic acids is 1. The van der Waals surface area contributed by atoms with Gasteiger partial charge in [0.05, 0.1) is 26.2 Å². The number of hydrogen-bond acceptors (Lipinski definition) is 3. The number of ether oxygens (including phenoxy) is 1. The minimum Gasteiger partial charge on any atom is -0.370 e. The summed E-state index contributed by atoms with van der Waals surface area (Å²) in [6.45, 7) is 6.97.